The summed E-state index contributed by atoms with van der Waals surface area (Å²) in [5.41, 5.74) is 1.53. The fourth-order valence-corrected chi connectivity index (χ4v) is 2.23. The van der Waals surface area contributed by atoms with Crippen LogP contribution in [0.3, 0.4) is 0 Å². The molecule has 1 fully saturated rings. The summed E-state index contributed by atoms with van der Waals surface area (Å²) in [4.78, 5) is 16.2. The minimum absolute atomic E-state index is 0.00830. The number of carbonyl (C=O) groups excluding carboxylic acids is 1. The van der Waals surface area contributed by atoms with E-state index >= 15 is 0 Å². The Morgan fingerprint density at radius 3 is 3.45 bits per heavy atom. The van der Waals surface area contributed by atoms with E-state index in [1.165, 1.54) is 0 Å². The first-order valence-electron chi connectivity index (χ1n) is 6.69. The van der Waals surface area contributed by atoms with Crippen molar-refractivity contribution in [1.29, 1.82) is 0 Å². The van der Waals surface area contributed by atoms with Gasteiger partial charge in [-0.1, -0.05) is 0 Å². The quantitative estimate of drug-likeness (QED) is 0.722. The molecule has 1 saturated heterocycles. The first-order valence-corrected chi connectivity index (χ1v) is 6.69. The molecule has 2 aromatic rings. The predicted molar refractivity (Wildman–Crippen MR) is 72.9 cm³/mol. The molecule has 3 heterocycles. The molecule has 0 saturated carbocycles. The average molecular weight is 275 g/mol. The van der Waals surface area contributed by atoms with Crippen molar-refractivity contribution < 1.29 is 9.53 Å². The average Bonchev–Trinajstić information content (AvgIpc) is 2.70. The minimum Gasteiger partial charge on any atom is -0.379 e. The molecule has 106 valence electrons. The molecule has 0 bridgehead atoms. The van der Waals surface area contributed by atoms with Gasteiger partial charge in [0.05, 0.1) is 31.4 Å². The topological polar surface area (TPSA) is 91.9 Å². The summed E-state index contributed by atoms with van der Waals surface area (Å²) in [5.74, 6) is -0.157. The molecular weight excluding hydrogens is 258 g/mol. The van der Waals surface area contributed by atoms with Crippen molar-refractivity contribution in [1.82, 2.24) is 25.8 Å². The number of hydrogen-bond donors (Lipinski definition) is 3. The highest BCUT2D eigenvalue weighted by atomic mass is 16.5. The molecule has 1 atom stereocenters. The molecule has 1 amide bonds. The van der Waals surface area contributed by atoms with Crippen molar-refractivity contribution in [2.45, 2.75) is 6.54 Å². The number of ether oxygens (including phenoxy) is 1. The lowest BCUT2D eigenvalue weighted by atomic mass is 10.1. The van der Waals surface area contributed by atoms with Gasteiger partial charge in [0.2, 0.25) is 5.91 Å². The SMILES string of the molecule is O=C(NCc1[nH]nc2ncccc12)C1CNCCOC1. The van der Waals surface area contributed by atoms with Crippen LogP contribution in [0.4, 0.5) is 0 Å². The van der Waals surface area contributed by atoms with Crippen molar-refractivity contribution in [2.75, 3.05) is 26.3 Å². The second kappa shape index (κ2) is 5.98. The Labute approximate surface area is 116 Å². The largest absolute Gasteiger partial charge is 0.379 e. The number of aromatic amines is 1. The van der Waals surface area contributed by atoms with Gasteiger partial charge in [0, 0.05) is 24.7 Å². The van der Waals surface area contributed by atoms with E-state index in [4.69, 9.17) is 4.74 Å². The van der Waals surface area contributed by atoms with E-state index in [1.807, 2.05) is 12.1 Å². The zero-order chi connectivity index (χ0) is 13.8. The summed E-state index contributed by atoms with van der Waals surface area (Å²) in [5, 5.41) is 14.0. The number of fused-ring (bicyclic) bond motifs is 1. The third-order valence-electron chi connectivity index (χ3n) is 3.35. The zero-order valence-corrected chi connectivity index (χ0v) is 11.1. The molecule has 20 heavy (non-hydrogen) atoms. The van der Waals surface area contributed by atoms with Crippen LogP contribution in [0.1, 0.15) is 5.69 Å². The lowest BCUT2D eigenvalue weighted by Crippen LogP contribution is -2.37. The number of aromatic nitrogens is 3. The van der Waals surface area contributed by atoms with Crippen molar-refractivity contribution in [3.63, 3.8) is 0 Å². The Kier molecular flexibility index (Phi) is 3.89. The lowest BCUT2D eigenvalue weighted by Gasteiger charge is -2.13. The molecule has 0 aromatic carbocycles. The molecule has 7 heteroatoms. The fourth-order valence-electron chi connectivity index (χ4n) is 2.23. The number of pyridine rings is 1. The summed E-state index contributed by atoms with van der Waals surface area (Å²) in [7, 11) is 0. The third-order valence-corrected chi connectivity index (χ3v) is 3.35. The van der Waals surface area contributed by atoms with E-state index in [-0.39, 0.29) is 11.8 Å². The van der Waals surface area contributed by atoms with Crippen molar-refractivity contribution in [3.05, 3.63) is 24.0 Å². The second-order valence-corrected chi connectivity index (χ2v) is 4.77. The number of amides is 1. The molecule has 0 radical (unpaired) electrons. The molecule has 3 rings (SSSR count). The summed E-state index contributed by atoms with van der Waals surface area (Å²) < 4.78 is 5.38. The number of rotatable bonds is 3. The molecular formula is C13H17N5O2. The van der Waals surface area contributed by atoms with Gasteiger partial charge < -0.3 is 15.4 Å². The highest BCUT2D eigenvalue weighted by molar-refractivity contribution is 5.81. The van der Waals surface area contributed by atoms with Crippen LogP contribution in [0.15, 0.2) is 18.3 Å². The first kappa shape index (κ1) is 13.0. The van der Waals surface area contributed by atoms with Crippen LogP contribution < -0.4 is 10.6 Å². The maximum atomic E-state index is 12.1. The van der Waals surface area contributed by atoms with Crippen molar-refractivity contribution in [3.8, 4) is 0 Å². The molecule has 3 N–H and O–H groups in total. The van der Waals surface area contributed by atoms with Gasteiger partial charge in [-0.25, -0.2) is 4.98 Å². The van der Waals surface area contributed by atoms with Crippen molar-refractivity contribution >= 4 is 16.9 Å². The van der Waals surface area contributed by atoms with Crippen LogP contribution in [0.5, 0.6) is 0 Å². The Morgan fingerprint density at radius 2 is 2.50 bits per heavy atom. The van der Waals surface area contributed by atoms with Gasteiger partial charge in [-0.05, 0) is 12.1 Å². The van der Waals surface area contributed by atoms with Crippen molar-refractivity contribution in [2.24, 2.45) is 5.92 Å². The summed E-state index contributed by atoms with van der Waals surface area (Å²) in [6.45, 7) is 2.97. The van der Waals surface area contributed by atoms with Crippen LogP contribution >= 0.6 is 0 Å². The standard InChI is InChI=1S/C13H17N5O2/c19-13(9-6-14-4-5-20-8-9)16-7-11-10-2-1-3-15-12(10)18-17-11/h1-3,9,14H,4-8H2,(H,16,19)(H,15,17,18). The fraction of sp³-hybridized carbons (Fsp3) is 0.462. The summed E-state index contributed by atoms with van der Waals surface area (Å²) in [6.07, 6.45) is 1.69. The number of H-pyrrole nitrogens is 1. The molecule has 0 aliphatic carbocycles. The van der Waals surface area contributed by atoms with Gasteiger partial charge in [-0.2, -0.15) is 5.10 Å². The highest BCUT2D eigenvalue weighted by Gasteiger charge is 2.20. The van der Waals surface area contributed by atoms with Crippen LogP contribution in [0.2, 0.25) is 0 Å². The Bertz CT molecular complexity index is 589. The van der Waals surface area contributed by atoms with Gasteiger partial charge in [0.15, 0.2) is 5.65 Å². The smallest absolute Gasteiger partial charge is 0.227 e. The number of nitrogens with zero attached hydrogens (tertiary/aromatic N) is 2. The van der Waals surface area contributed by atoms with Gasteiger partial charge in [0.25, 0.3) is 0 Å². The van der Waals surface area contributed by atoms with Crippen LogP contribution in [-0.4, -0.2) is 47.4 Å². The van der Waals surface area contributed by atoms with E-state index in [0.717, 1.165) is 17.6 Å². The number of hydrogen-bond acceptors (Lipinski definition) is 5. The van der Waals surface area contributed by atoms with Crippen LogP contribution in [0, 0.1) is 5.92 Å². The van der Waals surface area contributed by atoms with Crippen LogP contribution in [-0.2, 0) is 16.1 Å². The Hall–Kier alpha value is -1.99. The molecule has 2 aromatic heterocycles. The van der Waals surface area contributed by atoms with E-state index in [2.05, 4.69) is 25.8 Å². The summed E-state index contributed by atoms with van der Waals surface area (Å²) in [6, 6.07) is 3.79. The van der Waals surface area contributed by atoms with E-state index in [9.17, 15) is 4.79 Å². The molecule has 1 aliphatic heterocycles. The monoisotopic (exact) mass is 275 g/mol. The molecule has 0 spiro atoms. The van der Waals surface area contributed by atoms with E-state index in [0.29, 0.717) is 32.0 Å². The van der Waals surface area contributed by atoms with E-state index in [1.54, 1.807) is 6.20 Å². The molecule has 1 aliphatic rings. The number of nitrogens with one attached hydrogen (secondary N) is 3. The second-order valence-electron chi connectivity index (χ2n) is 4.77. The van der Waals surface area contributed by atoms with Gasteiger partial charge >= 0.3 is 0 Å². The molecule has 7 nitrogen and oxygen atoms in total. The summed E-state index contributed by atoms with van der Waals surface area (Å²) >= 11 is 0. The van der Waals surface area contributed by atoms with Crippen LogP contribution in [0.25, 0.3) is 11.0 Å². The maximum absolute atomic E-state index is 12.1. The minimum atomic E-state index is -0.148. The normalized spacial score (nSPS) is 19.7. The third kappa shape index (κ3) is 2.78. The number of carbonyl (C=O) groups is 1. The van der Waals surface area contributed by atoms with Gasteiger partial charge in [0.1, 0.15) is 0 Å². The molecule has 1 unspecified atom stereocenters. The predicted octanol–water partition coefficient (Wildman–Crippen LogP) is -0.190. The lowest BCUT2D eigenvalue weighted by molar-refractivity contribution is -0.126. The maximum Gasteiger partial charge on any atom is 0.227 e. The highest BCUT2D eigenvalue weighted by Crippen LogP contribution is 2.12. The first-order chi connectivity index (χ1) is 9.84. The van der Waals surface area contributed by atoms with Gasteiger partial charge in [-0.15, -0.1) is 0 Å². The van der Waals surface area contributed by atoms with Gasteiger partial charge in [-0.3, -0.25) is 9.89 Å². The zero-order valence-electron chi connectivity index (χ0n) is 11.1. The van der Waals surface area contributed by atoms with E-state index < -0.39 is 0 Å². The Morgan fingerprint density at radius 1 is 1.55 bits per heavy atom. The Balaban J connectivity index is 1.62.